The van der Waals surface area contributed by atoms with Gasteiger partial charge in [-0.25, -0.2) is 4.98 Å². The monoisotopic (exact) mass is 368 g/mol. The van der Waals surface area contributed by atoms with Gasteiger partial charge in [-0.15, -0.1) is 0 Å². The third kappa shape index (κ3) is 3.17. The van der Waals surface area contributed by atoms with Gasteiger partial charge in [0.05, 0.1) is 10.9 Å². The first-order valence-corrected chi connectivity index (χ1v) is 9.64. The molecule has 0 spiro atoms. The second-order valence-corrected chi connectivity index (χ2v) is 7.39. The number of aromatic nitrogens is 2. The van der Waals surface area contributed by atoms with Crippen LogP contribution < -0.4 is 15.0 Å². The van der Waals surface area contributed by atoms with Crippen molar-refractivity contribution < 1.29 is 9.47 Å². The molecular formula is C20H20N2O3S. The van der Waals surface area contributed by atoms with E-state index in [2.05, 4.69) is 0 Å². The second kappa shape index (κ2) is 7.03. The summed E-state index contributed by atoms with van der Waals surface area (Å²) < 4.78 is 13.0. The molecule has 0 radical (unpaired) electrons. The Kier molecular flexibility index (Phi) is 4.59. The molecule has 0 amide bonds. The molecule has 0 aliphatic carbocycles. The van der Waals surface area contributed by atoms with Gasteiger partial charge in [0.25, 0.3) is 5.56 Å². The van der Waals surface area contributed by atoms with Crippen molar-refractivity contribution in [2.24, 2.45) is 0 Å². The largest absolute Gasteiger partial charge is 0.486 e. The molecule has 0 bridgehead atoms. The van der Waals surface area contributed by atoms with Crippen molar-refractivity contribution in [2.45, 2.75) is 30.8 Å². The summed E-state index contributed by atoms with van der Waals surface area (Å²) in [6.45, 7) is 5.17. The van der Waals surface area contributed by atoms with Gasteiger partial charge in [-0.3, -0.25) is 9.36 Å². The quantitative estimate of drug-likeness (QED) is 0.514. The van der Waals surface area contributed by atoms with Crippen molar-refractivity contribution in [2.75, 3.05) is 13.2 Å². The lowest BCUT2D eigenvalue weighted by molar-refractivity contribution is 0.171. The maximum Gasteiger partial charge on any atom is 0.262 e. The molecule has 26 heavy (non-hydrogen) atoms. The number of thioether (sulfide) groups is 1. The molecule has 134 valence electrons. The number of benzene rings is 2. The lowest BCUT2D eigenvalue weighted by Gasteiger charge is -2.19. The first-order chi connectivity index (χ1) is 12.6. The zero-order chi connectivity index (χ0) is 18.1. The highest BCUT2D eigenvalue weighted by molar-refractivity contribution is 7.98. The fourth-order valence-corrected chi connectivity index (χ4v) is 4.08. The number of rotatable bonds is 4. The molecule has 0 fully saturated rings. The Labute approximate surface area is 156 Å². The Morgan fingerprint density at radius 1 is 1.12 bits per heavy atom. The van der Waals surface area contributed by atoms with Crippen LogP contribution in [0.15, 0.2) is 52.4 Å². The molecular weight excluding hydrogens is 348 g/mol. The molecule has 2 aromatic carbocycles. The fraction of sp³-hybridized carbons (Fsp3) is 0.300. The molecule has 3 aromatic rings. The highest BCUT2D eigenvalue weighted by Gasteiger charge is 2.15. The minimum absolute atomic E-state index is 0.00951. The maximum absolute atomic E-state index is 12.9. The number of ether oxygens (including phenoxy) is 2. The van der Waals surface area contributed by atoms with E-state index in [0.717, 1.165) is 27.7 Å². The first kappa shape index (κ1) is 17.0. The molecule has 0 unspecified atom stereocenters. The SMILES string of the molecule is CC(C)n1c(SCc2ccc3c(c2)OCCO3)nc2ccccc2c1=O. The van der Waals surface area contributed by atoms with Crippen molar-refractivity contribution >= 4 is 22.7 Å². The van der Waals surface area contributed by atoms with E-state index in [1.54, 1.807) is 16.3 Å². The van der Waals surface area contributed by atoms with Gasteiger partial charge in [-0.2, -0.15) is 0 Å². The standard InChI is InChI=1S/C20H20N2O3S/c1-13(2)22-19(23)15-5-3-4-6-16(15)21-20(22)26-12-14-7-8-17-18(11-14)25-10-9-24-17/h3-8,11,13H,9-10,12H2,1-2H3. The lowest BCUT2D eigenvalue weighted by Crippen LogP contribution is -2.25. The molecule has 0 saturated carbocycles. The average molecular weight is 368 g/mol. The first-order valence-electron chi connectivity index (χ1n) is 8.66. The molecule has 1 aromatic heterocycles. The minimum Gasteiger partial charge on any atom is -0.486 e. The molecule has 1 aliphatic heterocycles. The van der Waals surface area contributed by atoms with Crippen molar-refractivity contribution in [3.05, 3.63) is 58.4 Å². The van der Waals surface area contributed by atoms with Gasteiger partial charge in [0, 0.05) is 11.8 Å². The van der Waals surface area contributed by atoms with Crippen LogP contribution in [0.2, 0.25) is 0 Å². The highest BCUT2D eigenvalue weighted by Crippen LogP contribution is 2.33. The van der Waals surface area contributed by atoms with E-state index in [1.165, 1.54) is 0 Å². The summed E-state index contributed by atoms with van der Waals surface area (Å²) in [7, 11) is 0. The number of para-hydroxylation sites is 1. The number of nitrogens with zero attached hydrogens (tertiary/aromatic N) is 2. The van der Waals surface area contributed by atoms with Gasteiger partial charge in [0.1, 0.15) is 13.2 Å². The van der Waals surface area contributed by atoms with Crippen molar-refractivity contribution in [3.63, 3.8) is 0 Å². The predicted octanol–water partition coefficient (Wildman–Crippen LogP) is 4.04. The van der Waals surface area contributed by atoms with Gasteiger partial charge in [-0.05, 0) is 43.7 Å². The van der Waals surface area contributed by atoms with Gasteiger partial charge in [0.2, 0.25) is 0 Å². The van der Waals surface area contributed by atoms with Gasteiger partial charge in [0.15, 0.2) is 16.7 Å². The van der Waals surface area contributed by atoms with E-state index < -0.39 is 0 Å². The fourth-order valence-electron chi connectivity index (χ4n) is 3.01. The maximum atomic E-state index is 12.9. The van der Waals surface area contributed by atoms with E-state index in [0.29, 0.717) is 24.4 Å². The van der Waals surface area contributed by atoms with Gasteiger partial charge < -0.3 is 9.47 Å². The van der Waals surface area contributed by atoms with Gasteiger partial charge in [-0.1, -0.05) is 30.0 Å². The van der Waals surface area contributed by atoms with Crippen LogP contribution in [-0.2, 0) is 5.75 Å². The molecule has 0 N–H and O–H groups in total. The molecule has 2 heterocycles. The molecule has 6 heteroatoms. The number of hydrogen-bond acceptors (Lipinski definition) is 5. The summed E-state index contributed by atoms with van der Waals surface area (Å²) in [5, 5.41) is 1.39. The minimum atomic E-state index is 0.00951. The number of fused-ring (bicyclic) bond motifs is 2. The van der Waals surface area contributed by atoms with Gasteiger partial charge >= 0.3 is 0 Å². The Hall–Kier alpha value is -2.47. The van der Waals surface area contributed by atoms with Crippen LogP contribution in [0.25, 0.3) is 10.9 Å². The van der Waals surface area contributed by atoms with Crippen molar-refractivity contribution in [3.8, 4) is 11.5 Å². The zero-order valence-electron chi connectivity index (χ0n) is 14.8. The average Bonchev–Trinajstić information content (AvgIpc) is 2.66. The van der Waals surface area contributed by atoms with E-state index in [-0.39, 0.29) is 11.6 Å². The highest BCUT2D eigenvalue weighted by atomic mass is 32.2. The summed E-state index contributed by atoms with van der Waals surface area (Å²) in [5.74, 6) is 2.27. The molecule has 0 atom stereocenters. The van der Waals surface area contributed by atoms with Crippen LogP contribution in [0.3, 0.4) is 0 Å². The van der Waals surface area contributed by atoms with Crippen LogP contribution in [0.1, 0.15) is 25.5 Å². The molecule has 4 rings (SSSR count). The normalized spacial score (nSPS) is 13.3. The Balaban J connectivity index is 1.66. The zero-order valence-corrected chi connectivity index (χ0v) is 15.6. The summed E-state index contributed by atoms with van der Waals surface area (Å²) in [6.07, 6.45) is 0. The molecule has 5 nitrogen and oxygen atoms in total. The van der Waals surface area contributed by atoms with Crippen molar-refractivity contribution in [1.29, 1.82) is 0 Å². The molecule has 0 saturated heterocycles. The van der Waals surface area contributed by atoms with E-state index in [1.807, 2.05) is 56.3 Å². The van der Waals surface area contributed by atoms with Crippen LogP contribution >= 0.6 is 11.8 Å². The lowest BCUT2D eigenvalue weighted by atomic mass is 10.2. The summed E-state index contributed by atoms with van der Waals surface area (Å²) >= 11 is 1.56. The summed E-state index contributed by atoms with van der Waals surface area (Å²) in [6, 6.07) is 13.5. The van der Waals surface area contributed by atoms with Crippen LogP contribution in [-0.4, -0.2) is 22.8 Å². The Bertz CT molecular complexity index is 1010. The van der Waals surface area contributed by atoms with E-state index in [4.69, 9.17) is 14.5 Å². The number of hydrogen-bond donors (Lipinski definition) is 0. The van der Waals surface area contributed by atoms with Crippen LogP contribution in [0.5, 0.6) is 11.5 Å². The van der Waals surface area contributed by atoms with E-state index >= 15 is 0 Å². The van der Waals surface area contributed by atoms with Crippen LogP contribution in [0.4, 0.5) is 0 Å². The summed E-state index contributed by atoms with van der Waals surface area (Å²) in [4.78, 5) is 17.6. The molecule has 1 aliphatic rings. The van der Waals surface area contributed by atoms with E-state index in [9.17, 15) is 4.79 Å². The Morgan fingerprint density at radius 2 is 1.88 bits per heavy atom. The predicted molar refractivity (Wildman–Crippen MR) is 103 cm³/mol. The Morgan fingerprint density at radius 3 is 2.69 bits per heavy atom. The second-order valence-electron chi connectivity index (χ2n) is 6.45. The smallest absolute Gasteiger partial charge is 0.262 e. The summed E-state index contributed by atoms with van der Waals surface area (Å²) in [5.41, 5.74) is 1.85. The third-order valence-electron chi connectivity index (χ3n) is 4.27. The third-order valence-corrected chi connectivity index (χ3v) is 5.29. The van der Waals surface area contributed by atoms with Crippen LogP contribution in [0, 0.1) is 0 Å². The van der Waals surface area contributed by atoms with Crippen molar-refractivity contribution in [1.82, 2.24) is 9.55 Å². The topological polar surface area (TPSA) is 53.4 Å².